The normalized spacial score (nSPS) is 27.9. The standard InChI is InChI=1S/C15H23N3O3.ClH/c1-10(2)6-12-16-13(21-17-12)8-18-7-11-4-3-5-15(11,9-18)14(19)20;/h10-11H,3-9H2,1-2H3,(H,19,20);1H/t11-,15+;/m0./s1. The van der Waals surface area contributed by atoms with Crippen molar-refractivity contribution in [3.8, 4) is 0 Å². The van der Waals surface area contributed by atoms with Crippen molar-refractivity contribution in [2.24, 2.45) is 17.3 Å². The zero-order valence-electron chi connectivity index (χ0n) is 13.1. The lowest BCUT2D eigenvalue weighted by atomic mass is 9.81. The fourth-order valence-electron chi connectivity index (χ4n) is 3.86. The van der Waals surface area contributed by atoms with E-state index in [9.17, 15) is 9.90 Å². The summed E-state index contributed by atoms with van der Waals surface area (Å²) in [7, 11) is 0. The third-order valence-electron chi connectivity index (χ3n) is 4.83. The predicted molar refractivity (Wildman–Crippen MR) is 82.8 cm³/mol. The average molecular weight is 330 g/mol. The smallest absolute Gasteiger partial charge is 0.311 e. The molecule has 6 nitrogen and oxygen atoms in total. The van der Waals surface area contributed by atoms with Crippen molar-refractivity contribution in [2.75, 3.05) is 13.1 Å². The van der Waals surface area contributed by atoms with Crippen LogP contribution in [0.3, 0.4) is 0 Å². The summed E-state index contributed by atoms with van der Waals surface area (Å²) in [5.74, 6) is 1.47. The van der Waals surface area contributed by atoms with Crippen LogP contribution in [0.2, 0.25) is 0 Å². The van der Waals surface area contributed by atoms with Crippen molar-refractivity contribution in [2.45, 2.75) is 46.1 Å². The fourth-order valence-corrected chi connectivity index (χ4v) is 3.86. The van der Waals surface area contributed by atoms with Gasteiger partial charge in [0.15, 0.2) is 5.82 Å². The molecule has 22 heavy (non-hydrogen) atoms. The molecule has 2 aliphatic rings. The Morgan fingerprint density at radius 2 is 2.32 bits per heavy atom. The number of aliphatic carboxylic acids is 1. The fraction of sp³-hybridized carbons (Fsp3) is 0.800. The van der Waals surface area contributed by atoms with Crippen LogP contribution in [-0.4, -0.2) is 39.2 Å². The zero-order valence-corrected chi connectivity index (χ0v) is 13.9. The zero-order chi connectivity index (χ0) is 15.0. The van der Waals surface area contributed by atoms with Gasteiger partial charge in [-0.3, -0.25) is 9.69 Å². The summed E-state index contributed by atoms with van der Waals surface area (Å²) in [6.45, 7) is 6.24. The molecule has 2 heterocycles. The number of carbonyl (C=O) groups is 1. The van der Waals surface area contributed by atoms with Crippen molar-refractivity contribution in [1.29, 1.82) is 0 Å². The van der Waals surface area contributed by atoms with Crippen LogP contribution >= 0.6 is 12.4 Å². The quantitative estimate of drug-likeness (QED) is 0.893. The lowest BCUT2D eigenvalue weighted by Crippen LogP contribution is -2.35. The molecule has 0 unspecified atom stereocenters. The minimum atomic E-state index is -0.640. The first-order chi connectivity index (χ1) is 9.99. The molecular formula is C15H24ClN3O3. The van der Waals surface area contributed by atoms with Gasteiger partial charge in [0, 0.05) is 19.5 Å². The Bertz CT molecular complexity index is 534. The van der Waals surface area contributed by atoms with Gasteiger partial charge in [-0.15, -0.1) is 12.4 Å². The molecule has 7 heteroatoms. The maximum absolute atomic E-state index is 11.7. The van der Waals surface area contributed by atoms with Gasteiger partial charge in [0.1, 0.15) is 0 Å². The first kappa shape index (κ1) is 17.2. The second-order valence-electron chi connectivity index (χ2n) is 6.92. The summed E-state index contributed by atoms with van der Waals surface area (Å²) < 4.78 is 5.29. The lowest BCUT2D eigenvalue weighted by Gasteiger charge is -2.23. The molecule has 2 atom stereocenters. The van der Waals surface area contributed by atoms with Crippen LogP contribution < -0.4 is 0 Å². The molecule has 1 saturated heterocycles. The van der Waals surface area contributed by atoms with Crippen LogP contribution in [0.1, 0.15) is 44.8 Å². The molecule has 0 amide bonds. The number of halogens is 1. The number of likely N-dealkylation sites (tertiary alicyclic amines) is 1. The SMILES string of the molecule is CC(C)Cc1noc(CN2C[C@@H]3CCC[C@@]3(C(=O)O)C2)n1.Cl. The van der Waals surface area contributed by atoms with E-state index in [4.69, 9.17) is 4.52 Å². The van der Waals surface area contributed by atoms with Crippen molar-refractivity contribution in [1.82, 2.24) is 15.0 Å². The molecule has 2 fully saturated rings. The van der Waals surface area contributed by atoms with Crippen molar-refractivity contribution >= 4 is 18.4 Å². The summed E-state index contributed by atoms with van der Waals surface area (Å²) in [5, 5.41) is 13.6. The number of rotatable bonds is 5. The maximum Gasteiger partial charge on any atom is 0.311 e. The summed E-state index contributed by atoms with van der Waals surface area (Å²) in [4.78, 5) is 18.2. The van der Waals surface area contributed by atoms with Crippen LogP contribution in [-0.2, 0) is 17.8 Å². The van der Waals surface area contributed by atoms with E-state index in [0.29, 0.717) is 24.9 Å². The van der Waals surface area contributed by atoms with Gasteiger partial charge in [-0.1, -0.05) is 25.4 Å². The average Bonchev–Trinajstić information content (AvgIpc) is 3.03. The first-order valence-electron chi connectivity index (χ1n) is 7.77. The van der Waals surface area contributed by atoms with Crippen LogP contribution in [0.4, 0.5) is 0 Å². The van der Waals surface area contributed by atoms with Gasteiger partial charge in [-0.25, -0.2) is 0 Å². The van der Waals surface area contributed by atoms with E-state index in [-0.39, 0.29) is 18.3 Å². The topological polar surface area (TPSA) is 79.5 Å². The monoisotopic (exact) mass is 329 g/mol. The molecule has 0 bridgehead atoms. The Kier molecular flexibility index (Phi) is 5.12. The Morgan fingerprint density at radius 1 is 1.55 bits per heavy atom. The van der Waals surface area contributed by atoms with Gasteiger partial charge < -0.3 is 9.63 Å². The molecule has 1 aromatic rings. The predicted octanol–water partition coefficient (Wildman–Crippen LogP) is 2.38. The highest BCUT2D eigenvalue weighted by Crippen LogP contribution is 2.49. The number of hydrogen-bond acceptors (Lipinski definition) is 5. The van der Waals surface area contributed by atoms with E-state index in [1.807, 2.05) is 0 Å². The summed E-state index contributed by atoms with van der Waals surface area (Å²) in [5.41, 5.74) is -0.541. The Hall–Kier alpha value is -1.14. The van der Waals surface area contributed by atoms with Gasteiger partial charge >= 0.3 is 5.97 Å². The van der Waals surface area contributed by atoms with Gasteiger partial charge in [-0.2, -0.15) is 4.98 Å². The van der Waals surface area contributed by atoms with Crippen molar-refractivity contribution < 1.29 is 14.4 Å². The molecule has 1 aliphatic carbocycles. The number of nitrogens with zero attached hydrogens (tertiary/aromatic N) is 3. The minimum absolute atomic E-state index is 0. The van der Waals surface area contributed by atoms with E-state index < -0.39 is 11.4 Å². The Morgan fingerprint density at radius 3 is 2.95 bits per heavy atom. The molecule has 3 rings (SSSR count). The Balaban J connectivity index is 0.00000176. The van der Waals surface area contributed by atoms with Crippen LogP contribution in [0.25, 0.3) is 0 Å². The molecule has 124 valence electrons. The van der Waals surface area contributed by atoms with E-state index in [0.717, 1.165) is 38.1 Å². The number of carboxylic acids is 1. The molecule has 0 aromatic carbocycles. The first-order valence-corrected chi connectivity index (χ1v) is 7.77. The van der Waals surface area contributed by atoms with Crippen LogP contribution in [0, 0.1) is 17.3 Å². The van der Waals surface area contributed by atoms with E-state index in [2.05, 4.69) is 28.9 Å². The van der Waals surface area contributed by atoms with Gasteiger partial charge in [0.25, 0.3) is 0 Å². The van der Waals surface area contributed by atoms with E-state index >= 15 is 0 Å². The number of fused-ring (bicyclic) bond motifs is 1. The van der Waals surface area contributed by atoms with Gasteiger partial charge in [0.2, 0.25) is 5.89 Å². The summed E-state index contributed by atoms with van der Waals surface area (Å²) in [6, 6.07) is 0. The highest BCUT2D eigenvalue weighted by molar-refractivity contribution is 5.85. The van der Waals surface area contributed by atoms with E-state index in [1.165, 1.54) is 0 Å². The second kappa shape index (κ2) is 6.54. The molecule has 1 aliphatic heterocycles. The number of aromatic nitrogens is 2. The highest BCUT2D eigenvalue weighted by atomic mass is 35.5. The number of hydrogen-bond donors (Lipinski definition) is 1. The molecule has 1 saturated carbocycles. The maximum atomic E-state index is 11.7. The number of carboxylic acid groups (broad SMARTS) is 1. The van der Waals surface area contributed by atoms with Crippen LogP contribution in [0.15, 0.2) is 4.52 Å². The largest absolute Gasteiger partial charge is 0.481 e. The van der Waals surface area contributed by atoms with Gasteiger partial charge in [-0.05, 0) is 24.7 Å². The molecule has 1 N–H and O–H groups in total. The molecular weight excluding hydrogens is 306 g/mol. The molecule has 0 radical (unpaired) electrons. The van der Waals surface area contributed by atoms with Gasteiger partial charge in [0.05, 0.1) is 12.0 Å². The third-order valence-corrected chi connectivity index (χ3v) is 4.83. The molecule has 0 spiro atoms. The highest BCUT2D eigenvalue weighted by Gasteiger charge is 2.54. The second-order valence-corrected chi connectivity index (χ2v) is 6.92. The van der Waals surface area contributed by atoms with Crippen molar-refractivity contribution in [3.05, 3.63) is 11.7 Å². The summed E-state index contributed by atoms with van der Waals surface area (Å²) in [6.07, 6.45) is 3.66. The summed E-state index contributed by atoms with van der Waals surface area (Å²) >= 11 is 0. The van der Waals surface area contributed by atoms with Crippen molar-refractivity contribution in [3.63, 3.8) is 0 Å². The van der Waals surface area contributed by atoms with Crippen LogP contribution in [0.5, 0.6) is 0 Å². The Labute approximate surface area is 136 Å². The molecule has 1 aromatic heterocycles. The minimum Gasteiger partial charge on any atom is -0.481 e. The third kappa shape index (κ3) is 3.13. The lowest BCUT2D eigenvalue weighted by molar-refractivity contribution is -0.149. The van der Waals surface area contributed by atoms with E-state index in [1.54, 1.807) is 0 Å².